The normalized spacial score (nSPS) is 14.7. The third kappa shape index (κ3) is 5.47. The Balaban J connectivity index is 1.14. The fourth-order valence-corrected chi connectivity index (χ4v) is 5.71. The minimum absolute atomic E-state index is 0.356. The quantitative estimate of drug-likeness (QED) is 0.188. The lowest BCUT2D eigenvalue weighted by Crippen LogP contribution is -2.50. The Morgan fingerprint density at radius 3 is 2.47 bits per heavy atom. The summed E-state index contributed by atoms with van der Waals surface area (Å²) in [5.74, 6) is 0.722. The molecule has 4 aromatic heterocycles. The van der Waals surface area contributed by atoms with E-state index in [4.69, 9.17) is 19.7 Å². The molecule has 0 radical (unpaired) electrons. The van der Waals surface area contributed by atoms with Gasteiger partial charge in [-0.05, 0) is 101 Å². The minimum Gasteiger partial charge on any atom is -0.356 e. The SMILES string of the molecule is Cc1cc(Nc2ccc3nc(-c4ccc(Nc5cc(C)nc6ccc(N7CCCOC7(C)C)cc56)cn4)[nH]c3c2)ccn1. The summed E-state index contributed by atoms with van der Waals surface area (Å²) in [6.07, 6.45) is 4.65. The average molecular weight is 571 g/mol. The van der Waals surface area contributed by atoms with E-state index in [1.54, 1.807) is 6.20 Å². The van der Waals surface area contributed by atoms with E-state index in [9.17, 15) is 0 Å². The van der Waals surface area contributed by atoms with Crippen LogP contribution in [-0.2, 0) is 4.74 Å². The van der Waals surface area contributed by atoms with E-state index in [1.807, 2.05) is 56.4 Å². The van der Waals surface area contributed by atoms with Gasteiger partial charge in [-0.15, -0.1) is 0 Å². The van der Waals surface area contributed by atoms with E-state index in [2.05, 4.69) is 69.7 Å². The fraction of sp³-hybridized carbons (Fsp3) is 0.235. The zero-order valence-electron chi connectivity index (χ0n) is 24.8. The molecule has 0 saturated carbocycles. The third-order valence-electron chi connectivity index (χ3n) is 7.82. The lowest BCUT2D eigenvalue weighted by atomic mass is 10.1. The lowest BCUT2D eigenvalue weighted by molar-refractivity contribution is -0.0418. The van der Waals surface area contributed by atoms with Crippen LogP contribution < -0.4 is 15.5 Å². The molecule has 9 heteroatoms. The number of nitrogens with one attached hydrogen (secondary N) is 3. The Labute approximate surface area is 250 Å². The van der Waals surface area contributed by atoms with Crippen molar-refractivity contribution in [2.24, 2.45) is 0 Å². The Hall–Kier alpha value is -5.02. The molecule has 43 heavy (non-hydrogen) atoms. The van der Waals surface area contributed by atoms with Crippen LogP contribution in [0.3, 0.4) is 0 Å². The van der Waals surface area contributed by atoms with Gasteiger partial charge in [0.2, 0.25) is 0 Å². The molecule has 6 aromatic rings. The highest BCUT2D eigenvalue weighted by Gasteiger charge is 2.31. The highest BCUT2D eigenvalue weighted by Crippen LogP contribution is 2.34. The number of aromatic amines is 1. The van der Waals surface area contributed by atoms with Crippen LogP contribution in [0.2, 0.25) is 0 Å². The van der Waals surface area contributed by atoms with Gasteiger partial charge in [-0.3, -0.25) is 15.0 Å². The zero-order valence-corrected chi connectivity index (χ0v) is 24.8. The van der Waals surface area contributed by atoms with Crippen LogP contribution in [0, 0.1) is 13.8 Å². The number of hydrogen-bond acceptors (Lipinski definition) is 8. The molecule has 3 N–H and O–H groups in total. The van der Waals surface area contributed by atoms with Crippen molar-refractivity contribution in [3.05, 3.63) is 90.5 Å². The number of rotatable bonds is 6. The van der Waals surface area contributed by atoms with Gasteiger partial charge >= 0.3 is 0 Å². The number of anilines is 5. The van der Waals surface area contributed by atoms with Crippen LogP contribution in [-0.4, -0.2) is 43.8 Å². The van der Waals surface area contributed by atoms with Crippen LogP contribution in [0.15, 0.2) is 79.1 Å². The summed E-state index contributed by atoms with van der Waals surface area (Å²) in [6.45, 7) is 9.98. The molecule has 0 aliphatic carbocycles. The number of fused-ring (bicyclic) bond motifs is 2. The van der Waals surface area contributed by atoms with Crippen molar-refractivity contribution in [3.8, 4) is 11.5 Å². The number of hydrogen-bond donors (Lipinski definition) is 3. The number of ether oxygens (including phenoxy) is 1. The molecule has 216 valence electrons. The molecule has 0 unspecified atom stereocenters. The van der Waals surface area contributed by atoms with Crippen LogP contribution in [0.5, 0.6) is 0 Å². The molecule has 1 aliphatic heterocycles. The second-order valence-corrected chi connectivity index (χ2v) is 11.5. The van der Waals surface area contributed by atoms with E-state index < -0.39 is 0 Å². The highest BCUT2D eigenvalue weighted by molar-refractivity contribution is 5.95. The van der Waals surface area contributed by atoms with Crippen molar-refractivity contribution < 1.29 is 4.74 Å². The zero-order chi connectivity index (χ0) is 29.6. The number of aromatic nitrogens is 5. The van der Waals surface area contributed by atoms with Gasteiger partial charge in [0.1, 0.15) is 11.4 Å². The Kier molecular flexibility index (Phi) is 6.66. The first-order valence-electron chi connectivity index (χ1n) is 14.6. The first-order chi connectivity index (χ1) is 20.8. The molecule has 0 bridgehead atoms. The summed E-state index contributed by atoms with van der Waals surface area (Å²) in [5, 5.41) is 8.07. The summed E-state index contributed by atoms with van der Waals surface area (Å²) in [7, 11) is 0. The summed E-state index contributed by atoms with van der Waals surface area (Å²) < 4.78 is 6.06. The lowest BCUT2D eigenvalue weighted by Gasteiger charge is -2.43. The van der Waals surface area contributed by atoms with E-state index in [0.717, 1.165) is 92.9 Å². The van der Waals surface area contributed by atoms with E-state index in [-0.39, 0.29) is 5.72 Å². The van der Waals surface area contributed by atoms with E-state index >= 15 is 0 Å². The molecule has 0 spiro atoms. The summed E-state index contributed by atoms with van der Waals surface area (Å²) in [5.41, 5.74) is 10.1. The number of imidazole rings is 1. The molecule has 1 saturated heterocycles. The van der Waals surface area contributed by atoms with Crippen LogP contribution in [0.1, 0.15) is 31.7 Å². The fourth-order valence-electron chi connectivity index (χ4n) is 5.71. The van der Waals surface area contributed by atoms with Gasteiger partial charge in [-0.1, -0.05) is 0 Å². The topological polar surface area (TPSA) is 104 Å². The Bertz CT molecular complexity index is 1950. The maximum absolute atomic E-state index is 6.06. The van der Waals surface area contributed by atoms with Crippen LogP contribution in [0.25, 0.3) is 33.5 Å². The van der Waals surface area contributed by atoms with Gasteiger partial charge in [0.05, 0.1) is 35.0 Å². The first-order valence-corrected chi connectivity index (χ1v) is 14.6. The molecule has 0 amide bonds. The summed E-state index contributed by atoms with van der Waals surface area (Å²) in [4.78, 5) is 24.3. The predicted molar refractivity (Wildman–Crippen MR) is 173 cm³/mol. The van der Waals surface area contributed by atoms with Gasteiger partial charge in [0.25, 0.3) is 0 Å². The third-order valence-corrected chi connectivity index (χ3v) is 7.82. The largest absolute Gasteiger partial charge is 0.356 e. The highest BCUT2D eigenvalue weighted by atomic mass is 16.5. The van der Waals surface area contributed by atoms with Crippen molar-refractivity contribution in [3.63, 3.8) is 0 Å². The molecule has 2 aromatic carbocycles. The van der Waals surface area contributed by atoms with Crippen LogP contribution >= 0.6 is 0 Å². The van der Waals surface area contributed by atoms with Crippen molar-refractivity contribution in [2.75, 3.05) is 28.7 Å². The van der Waals surface area contributed by atoms with Crippen molar-refractivity contribution in [1.82, 2.24) is 24.9 Å². The molecule has 7 rings (SSSR count). The van der Waals surface area contributed by atoms with Gasteiger partial charge < -0.3 is 25.3 Å². The first kappa shape index (κ1) is 26.9. The number of H-pyrrole nitrogens is 1. The molecule has 9 nitrogen and oxygen atoms in total. The molecular weight excluding hydrogens is 536 g/mol. The van der Waals surface area contributed by atoms with E-state index in [1.165, 1.54) is 0 Å². The van der Waals surface area contributed by atoms with Crippen molar-refractivity contribution >= 4 is 50.4 Å². The second kappa shape index (κ2) is 10.7. The van der Waals surface area contributed by atoms with Gasteiger partial charge in [0, 0.05) is 52.3 Å². The molecule has 1 aliphatic rings. The molecular formula is C34H34N8O. The Morgan fingerprint density at radius 2 is 1.65 bits per heavy atom. The summed E-state index contributed by atoms with van der Waals surface area (Å²) in [6, 6.07) is 22.6. The van der Waals surface area contributed by atoms with Gasteiger partial charge in [-0.2, -0.15) is 0 Å². The monoisotopic (exact) mass is 570 g/mol. The standard InChI is InChI=1S/C34H34N8O/c1-21-16-24(12-13-35-21)38-23-6-9-29-32(18-23)41-33(40-29)30-10-7-25(20-36-30)39-31-17-22(2)37-28-11-8-26(19-27(28)31)42-14-5-15-43-34(42,3)4/h6-13,16-20H,5,14-15H2,1-4H3,(H,35,38)(H,37,39)(H,40,41). The number of benzene rings is 2. The molecule has 1 fully saturated rings. The predicted octanol–water partition coefficient (Wildman–Crippen LogP) is 7.63. The van der Waals surface area contributed by atoms with Gasteiger partial charge in [-0.25, -0.2) is 4.98 Å². The number of nitrogens with zero attached hydrogens (tertiary/aromatic N) is 5. The smallest absolute Gasteiger partial charge is 0.157 e. The average Bonchev–Trinajstić information content (AvgIpc) is 3.41. The molecule has 5 heterocycles. The molecule has 0 atom stereocenters. The maximum atomic E-state index is 6.06. The van der Waals surface area contributed by atoms with Crippen molar-refractivity contribution in [1.29, 1.82) is 0 Å². The van der Waals surface area contributed by atoms with Crippen molar-refractivity contribution in [2.45, 2.75) is 39.8 Å². The van der Waals surface area contributed by atoms with Crippen LogP contribution in [0.4, 0.5) is 28.4 Å². The number of pyridine rings is 3. The second-order valence-electron chi connectivity index (χ2n) is 11.5. The van der Waals surface area contributed by atoms with E-state index in [0.29, 0.717) is 0 Å². The summed E-state index contributed by atoms with van der Waals surface area (Å²) >= 11 is 0. The Morgan fingerprint density at radius 1 is 0.814 bits per heavy atom. The maximum Gasteiger partial charge on any atom is 0.157 e. The minimum atomic E-state index is -0.356. The van der Waals surface area contributed by atoms with Gasteiger partial charge in [0.15, 0.2) is 5.82 Å². The number of aryl methyl sites for hydroxylation is 2.